The third-order valence-corrected chi connectivity index (χ3v) is 5.05. The molecular weight excluding hydrogens is 385 g/mol. The monoisotopic (exact) mass is 405 g/mol. The van der Waals surface area contributed by atoms with Gasteiger partial charge in [-0.1, -0.05) is 18.2 Å². The van der Waals surface area contributed by atoms with Crippen molar-refractivity contribution in [3.63, 3.8) is 0 Å². The van der Waals surface area contributed by atoms with E-state index in [1.54, 1.807) is 0 Å². The molecule has 0 aliphatic heterocycles. The molecule has 0 radical (unpaired) electrons. The first kappa shape index (κ1) is 15.5. The maximum Gasteiger partial charge on any atom is 0.251 e. The van der Waals surface area contributed by atoms with Crippen molar-refractivity contribution in [3.05, 3.63) is 68.3 Å². The molecule has 114 valence electrons. The van der Waals surface area contributed by atoms with Crippen LogP contribution in [0.1, 0.15) is 52.9 Å². The summed E-state index contributed by atoms with van der Waals surface area (Å²) in [5.41, 5.74) is 4.84. The highest BCUT2D eigenvalue weighted by Crippen LogP contribution is 2.25. The Balaban J connectivity index is 1.72. The second-order valence-corrected chi connectivity index (χ2v) is 7.18. The van der Waals surface area contributed by atoms with Crippen molar-refractivity contribution in [1.29, 1.82) is 0 Å². The van der Waals surface area contributed by atoms with E-state index >= 15 is 0 Å². The molecule has 3 heteroatoms. The Kier molecular flexibility index (Phi) is 4.81. The van der Waals surface area contributed by atoms with E-state index in [-0.39, 0.29) is 11.9 Å². The van der Waals surface area contributed by atoms with Crippen molar-refractivity contribution in [2.75, 3.05) is 0 Å². The van der Waals surface area contributed by atoms with Crippen molar-refractivity contribution in [1.82, 2.24) is 5.32 Å². The van der Waals surface area contributed by atoms with E-state index in [9.17, 15) is 4.79 Å². The molecular formula is C19H20INO. The van der Waals surface area contributed by atoms with Crippen molar-refractivity contribution in [2.45, 2.75) is 38.6 Å². The van der Waals surface area contributed by atoms with Gasteiger partial charge in [0.15, 0.2) is 0 Å². The first-order valence-corrected chi connectivity index (χ1v) is 8.89. The number of aryl methyl sites for hydroxylation is 2. The highest BCUT2D eigenvalue weighted by atomic mass is 127. The summed E-state index contributed by atoms with van der Waals surface area (Å²) < 4.78 is 1.14. The van der Waals surface area contributed by atoms with E-state index in [2.05, 4.69) is 53.0 Å². The van der Waals surface area contributed by atoms with Crippen LogP contribution in [0.5, 0.6) is 0 Å². The van der Waals surface area contributed by atoms with Crippen molar-refractivity contribution in [3.8, 4) is 0 Å². The number of carbonyl (C=O) groups is 1. The molecule has 0 spiro atoms. The molecule has 2 aromatic carbocycles. The number of rotatable bonds is 3. The molecule has 2 nitrogen and oxygen atoms in total. The summed E-state index contributed by atoms with van der Waals surface area (Å²) in [7, 11) is 0. The van der Waals surface area contributed by atoms with Crippen molar-refractivity contribution in [2.24, 2.45) is 0 Å². The smallest absolute Gasteiger partial charge is 0.251 e. The molecule has 1 aliphatic rings. The normalized spacial score (nSPS) is 15.0. The Bertz CT molecular complexity index is 678. The zero-order chi connectivity index (χ0) is 15.5. The molecule has 0 heterocycles. The second kappa shape index (κ2) is 6.82. The fourth-order valence-corrected chi connectivity index (χ4v) is 3.35. The summed E-state index contributed by atoms with van der Waals surface area (Å²) in [6.07, 6.45) is 4.94. The van der Waals surface area contributed by atoms with Gasteiger partial charge in [-0.25, -0.2) is 0 Å². The molecule has 1 amide bonds. The number of carbonyl (C=O) groups excluding carboxylic acids is 1. The fourth-order valence-electron chi connectivity index (χ4n) is 2.99. The zero-order valence-electron chi connectivity index (χ0n) is 12.7. The number of benzene rings is 2. The van der Waals surface area contributed by atoms with Gasteiger partial charge < -0.3 is 5.32 Å². The molecule has 0 saturated carbocycles. The predicted molar refractivity (Wildman–Crippen MR) is 98.1 cm³/mol. The maximum absolute atomic E-state index is 12.3. The van der Waals surface area contributed by atoms with Gasteiger partial charge in [-0.05, 0) is 96.2 Å². The van der Waals surface area contributed by atoms with Crippen LogP contribution in [0.15, 0.2) is 42.5 Å². The average Bonchev–Trinajstić information content (AvgIpc) is 2.55. The van der Waals surface area contributed by atoms with Crippen LogP contribution >= 0.6 is 22.6 Å². The molecule has 0 bridgehead atoms. The van der Waals surface area contributed by atoms with Crippen LogP contribution in [0.4, 0.5) is 0 Å². The van der Waals surface area contributed by atoms with Crippen LogP contribution in [0, 0.1) is 3.57 Å². The van der Waals surface area contributed by atoms with Gasteiger partial charge in [0.1, 0.15) is 0 Å². The Labute approximate surface area is 145 Å². The number of halogens is 1. The van der Waals surface area contributed by atoms with Gasteiger partial charge in [0.2, 0.25) is 0 Å². The SMILES string of the molecule is CC(NC(=O)c1ccc(I)cc1)c1ccc2c(c1)CCCC2. The van der Waals surface area contributed by atoms with E-state index in [1.165, 1.54) is 42.4 Å². The van der Waals surface area contributed by atoms with Gasteiger partial charge in [0.05, 0.1) is 6.04 Å². The third-order valence-electron chi connectivity index (χ3n) is 4.33. The zero-order valence-corrected chi connectivity index (χ0v) is 14.9. The largest absolute Gasteiger partial charge is 0.346 e. The lowest BCUT2D eigenvalue weighted by Crippen LogP contribution is -2.26. The van der Waals surface area contributed by atoms with Crippen LogP contribution in [-0.4, -0.2) is 5.91 Å². The molecule has 0 aromatic heterocycles. The molecule has 0 fully saturated rings. The topological polar surface area (TPSA) is 29.1 Å². The van der Waals surface area contributed by atoms with Gasteiger partial charge in [-0.3, -0.25) is 4.79 Å². The maximum atomic E-state index is 12.3. The van der Waals surface area contributed by atoms with E-state index in [4.69, 9.17) is 0 Å². The van der Waals surface area contributed by atoms with Crippen molar-refractivity contribution < 1.29 is 4.79 Å². The first-order chi connectivity index (χ1) is 10.6. The molecule has 1 N–H and O–H groups in total. The third kappa shape index (κ3) is 3.51. The molecule has 2 aromatic rings. The molecule has 1 unspecified atom stereocenters. The van der Waals surface area contributed by atoms with Crippen LogP contribution in [0.2, 0.25) is 0 Å². The minimum atomic E-state index is -0.0124. The predicted octanol–water partition coefficient (Wildman–Crippen LogP) is 4.66. The Morgan fingerprint density at radius 3 is 2.45 bits per heavy atom. The fraction of sp³-hybridized carbons (Fsp3) is 0.316. The number of amides is 1. The van der Waals surface area contributed by atoms with Gasteiger partial charge in [0.25, 0.3) is 5.91 Å². The first-order valence-electron chi connectivity index (χ1n) is 7.81. The minimum Gasteiger partial charge on any atom is -0.346 e. The highest BCUT2D eigenvalue weighted by Gasteiger charge is 2.14. The van der Waals surface area contributed by atoms with Gasteiger partial charge in [0, 0.05) is 9.13 Å². The van der Waals surface area contributed by atoms with Crippen LogP contribution in [0.25, 0.3) is 0 Å². The quantitative estimate of drug-likeness (QED) is 0.740. The summed E-state index contributed by atoms with van der Waals surface area (Å²) in [5, 5.41) is 3.10. The van der Waals surface area contributed by atoms with Crippen LogP contribution in [-0.2, 0) is 12.8 Å². The average molecular weight is 405 g/mol. The van der Waals surface area contributed by atoms with Gasteiger partial charge in [-0.15, -0.1) is 0 Å². The summed E-state index contributed by atoms with van der Waals surface area (Å²) in [4.78, 5) is 12.3. The molecule has 1 aliphatic carbocycles. The molecule has 0 saturated heterocycles. The summed E-state index contributed by atoms with van der Waals surface area (Å²) in [5.74, 6) is -0.0124. The Morgan fingerprint density at radius 2 is 1.73 bits per heavy atom. The van der Waals surface area contributed by atoms with Crippen molar-refractivity contribution >= 4 is 28.5 Å². The van der Waals surface area contributed by atoms with E-state index in [0.29, 0.717) is 5.56 Å². The lowest BCUT2D eigenvalue weighted by atomic mass is 9.89. The van der Waals surface area contributed by atoms with Gasteiger partial charge >= 0.3 is 0 Å². The lowest BCUT2D eigenvalue weighted by molar-refractivity contribution is 0.0940. The number of hydrogen-bond donors (Lipinski definition) is 1. The second-order valence-electron chi connectivity index (χ2n) is 5.94. The standard InChI is InChI=1S/C19H20INO/c1-13(21-19(22)15-8-10-18(20)11-9-15)16-7-6-14-4-2-3-5-17(14)12-16/h6-13H,2-5H2,1H3,(H,21,22). The lowest BCUT2D eigenvalue weighted by Gasteiger charge is -2.20. The van der Waals surface area contributed by atoms with Gasteiger partial charge in [-0.2, -0.15) is 0 Å². The molecule has 1 atom stereocenters. The Morgan fingerprint density at radius 1 is 1.05 bits per heavy atom. The van der Waals surface area contributed by atoms with E-state index in [1.807, 2.05) is 24.3 Å². The summed E-state index contributed by atoms with van der Waals surface area (Å²) in [6.45, 7) is 2.05. The summed E-state index contributed by atoms with van der Waals surface area (Å²) in [6, 6.07) is 14.3. The van der Waals surface area contributed by atoms with Crippen LogP contribution in [0.3, 0.4) is 0 Å². The summed E-state index contributed by atoms with van der Waals surface area (Å²) >= 11 is 2.24. The van der Waals surface area contributed by atoms with Crippen LogP contribution < -0.4 is 5.32 Å². The molecule has 3 rings (SSSR count). The number of fused-ring (bicyclic) bond motifs is 1. The van der Waals surface area contributed by atoms with E-state index < -0.39 is 0 Å². The highest BCUT2D eigenvalue weighted by molar-refractivity contribution is 14.1. The Hall–Kier alpha value is -1.36. The van der Waals surface area contributed by atoms with E-state index in [0.717, 1.165) is 3.57 Å². The molecule has 22 heavy (non-hydrogen) atoms. The minimum absolute atomic E-state index is 0.0124. The number of nitrogens with one attached hydrogen (secondary N) is 1. The number of hydrogen-bond acceptors (Lipinski definition) is 1.